The zero-order valence-corrected chi connectivity index (χ0v) is 18.5. The minimum absolute atomic E-state index is 0.302. The molecule has 4 aromatic rings. The van der Waals surface area contributed by atoms with Crippen LogP contribution in [0.15, 0.2) is 84.9 Å². The topological polar surface area (TPSA) is 21.8 Å². The number of benzene rings is 4. The Morgan fingerprint density at radius 1 is 0.758 bits per heavy atom. The fraction of sp³-hybridized carbons (Fsp3) is 0.143. The van der Waals surface area contributed by atoms with Crippen LogP contribution in [-0.2, 0) is 17.8 Å². The molecule has 5 rings (SSSR count). The van der Waals surface area contributed by atoms with Gasteiger partial charge in [-0.15, -0.1) is 0 Å². The van der Waals surface area contributed by atoms with E-state index in [1.165, 1.54) is 17.7 Å². The number of halogens is 3. The predicted octanol–water partition coefficient (Wildman–Crippen LogP) is 7.47. The van der Waals surface area contributed by atoms with Gasteiger partial charge in [0.25, 0.3) is 0 Å². The van der Waals surface area contributed by atoms with Gasteiger partial charge in [0.05, 0.1) is 12.7 Å². The smallest absolute Gasteiger partial charge is 0.132 e. The van der Waals surface area contributed by atoms with E-state index in [-0.39, 0.29) is 0 Å². The first kappa shape index (κ1) is 21.6. The van der Waals surface area contributed by atoms with Gasteiger partial charge in [0, 0.05) is 22.6 Å². The number of rotatable bonds is 7. The van der Waals surface area contributed by atoms with Crippen molar-refractivity contribution in [1.29, 1.82) is 0 Å². The molecule has 0 aromatic heterocycles. The normalized spacial score (nSPS) is 14.8. The van der Waals surface area contributed by atoms with Gasteiger partial charge in [-0.2, -0.15) is 0 Å². The Balaban J connectivity index is 1.25. The second-order valence-corrected chi connectivity index (χ2v) is 8.54. The van der Waals surface area contributed by atoms with Crippen molar-refractivity contribution in [3.63, 3.8) is 0 Å². The summed E-state index contributed by atoms with van der Waals surface area (Å²) in [6.45, 7) is 1.31. The molecule has 0 N–H and O–H groups in total. The highest BCUT2D eigenvalue weighted by Crippen LogP contribution is 2.31. The SMILES string of the molecule is Fc1cc(Cl)ccc1-c1ccc(-c2ccc(OCc3ccc(CC4CO4)cc3)cc2)c(F)c1. The zero-order valence-electron chi connectivity index (χ0n) is 17.7. The van der Waals surface area contributed by atoms with Crippen molar-refractivity contribution < 1.29 is 18.3 Å². The second-order valence-electron chi connectivity index (χ2n) is 8.11. The van der Waals surface area contributed by atoms with Gasteiger partial charge in [-0.25, -0.2) is 8.78 Å². The van der Waals surface area contributed by atoms with Gasteiger partial charge in [0.2, 0.25) is 0 Å². The molecular formula is C28H21ClF2O2. The van der Waals surface area contributed by atoms with Crippen LogP contribution in [0, 0.1) is 11.6 Å². The molecule has 0 bridgehead atoms. The fourth-order valence-electron chi connectivity index (χ4n) is 3.76. The van der Waals surface area contributed by atoms with Gasteiger partial charge < -0.3 is 9.47 Å². The molecule has 4 aromatic carbocycles. The van der Waals surface area contributed by atoms with E-state index in [1.54, 1.807) is 24.3 Å². The molecular weight excluding hydrogens is 442 g/mol. The lowest BCUT2D eigenvalue weighted by Crippen LogP contribution is -1.97. The van der Waals surface area contributed by atoms with Crippen molar-refractivity contribution in [3.05, 3.63) is 113 Å². The van der Waals surface area contributed by atoms with Crippen molar-refractivity contribution in [1.82, 2.24) is 0 Å². The first-order valence-corrected chi connectivity index (χ1v) is 11.1. The van der Waals surface area contributed by atoms with Crippen LogP contribution in [0.2, 0.25) is 5.02 Å². The Labute approximate surface area is 196 Å². The summed E-state index contributed by atoms with van der Waals surface area (Å²) in [5, 5.41) is 0.302. The van der Waals surface area contributed by atoms with Crippen LogP contribution in [0.5, 0.6) is 5.75 Å². The van der Waals surface area contributed by atoms with Crippen LogP contribution < -0.4 is 4.74 Å². The van der Waals surface area contributed by atoms with Crippen molar-refractivity contribution >= 4 is 11.6 Å². The highest BCUT2D eigenvalue weighted by molar-refractivity contribution is 6.30. The molecule has 1 saturated heterocycles. The Morgan fingerprint density at radius 2 is 1.36 bits per heavy atom. The Hall–Kier alpha value is -3.21. The Kier molecular flexibility index (Phi) is 6.12. The molecule has 2 nitrogen and oxygen atoms in total. The molecule has 0 radical (unpaired) electrons. The molecule has 1 heterocycles. The van der Waals surface area contributed by atoms with Crippen molar-refractivity contribution in [2.24, 2.45) is 0 Å². The molecule has 1 aliphatic heterocycles. The van der Waals surface area contributed by atoms with E-state index in [2.05, 4.69) is 24.3 Å². The summed E-state index contributed by atoms with van der Waals surface area (Å²) >= 11 is 5.81. The molecule has 0 spiro atoms. The standard InChI is InChI=1S/C28H21ClF2O2/c29-22-8-12-26(28(31)15-22)21-7-11-25(27(30)14-21)20-5-9-23(10-6-20)32-16-19-3-1-18(2-4-19)13-24-17-33-24/h1-12,14-15,24H,13,16-17H2. The average molecular weight is 463 g/mol. The Bertz CT molecular complexity index is 1270. The molecule has 0 aliphatic carbocycles. The van der Waals surface area contributed by atoms with E-state index in [9.17, 15) is 8.78 Å². The maximum Gasteiger partial charge on any atom is 0.132 e. The third kappa shape index (κ3) is 5.24. The average Bonchev–Trinajstić information content (AvgIpc) is 3.63. The number of hydrogen-bond acceptors (Lipinski definition) is 2. The quantitative estimate of drug-likeness (QED) is 0.266. The van der Waals surface area contributed by atoms with E-state index in [0.717, 1.165) is 24.2 Å². The minimum atomic E-state index is -0.484. The fourth-order valence-corrected chi connectivity index (χ4v) is 3.92. The summed E-state index contributed by atoms with van der Waals surface area (Å²) < 4.78 is 40.1. The van der Waals surface area contributed by atoms with Crippen molar-refractivity contribution in [2.75, 3.05) is 6.61 Å². The third-order valence-electron chi connectivity index (χ3n) is 5.67. The zero-order chi connectivity index (χ0) is 22.8. The van der Waals surface area contributed by atoms with Crippen LogP contribution >= 0.6 is 11.6 Å². The number of hydrogen-bond donors (Lipinski definition) is 0. The van der Waals surface area contributed by atoms with Gasteiger partial charge in [-0.05, 0) is 58.7 Å². The highest BCUT2D eigenvalue weighted by Gasteiger charge is 2.22. The summed E-state index contributed by atoms with van der Waals surface area (Å²) in [6, 6.07) is 24.7. The molecule has 1 unspecified atom stereocenters. The van der Waals surface area contributed by atoms with Gasteiger partial charge in [0.1, 0.15) is 24.0 Å². The molecule has 1 aliphatic rings. The minimum Gasteiger partial charge on any atom is -0.489 e. The van der Waals surface area contributed by atoms with Gasteiger partial charge in [0.15, 0.2) is 0 Å². The molecule has 166 valence electrons. The van der Waals surface area contributed by atoms with Crippen LogP contribution in [0.4, 0.5) is 8.78 Å². The number of ether oxygens (including phenoxy) is 2. The van der Waals surface area contributed by atoms with Crippen LogP contribution in [-0.4, -0.2) is 12.7 Å². The van der Waals surface area contributed by atoms with E-state index in [0.29, 0.717) is 40.2 Å². The van der Waals surface area contributed by atoms with Gasteiger partial charge >= 0.3 is 0 Å². The highest BCUT2D eigenvalue weighted by atomic mass is 35.5. The molecule has 33 heavy (non-hydrogen) atoms. The van der Waals surface area contributed by atoms with Crippen LogP contribution in [0.1, 0.15) is 11.1 Å². The number of epoxide rings is 1. The van der Waals surface area contributed by atoms with Gasteiger partial charge in [-0.1, -0.05) is 60.1 Å². The summed E-state index contributed by atoms with van der Waals surface area (Å²) in [4.78, 5) is 0. The van der Waals surface area contributed by atoms with E-state index >= 15 is 0 Å². The molecule has 5 heteroatoms. The Morgan fingerprint density at radius 3 is 2.03 bits per heavy atom. The second kappa shape index (κ2) is 9.34. The lowest BCUT2D eigenvalue weighted by Gasteiger charge is -2.10. The summed E-state index contributed by atoms with van der Waals surface area (Å²) in [5.74, 6) is -0.204. The summed E-state index contributed by atoms with van der Waals surface area (Å²) in [5.41, 5.74) is 4.26. The van der Waals surface area contributed by atoms with Crippen molar-refractivity contribution in [3.8, 4) is 28.0 Å². The maximum atomic E-state index is 14.8. The van der Waals surface area contributed by atoms with E-state index in [1.807, 2.05) is 24.3 Å². The van der Waals surface area contributed by atoms with E-state index < -0.39 is 11.6 Å². The third-order valence-corrected chi connectivity index (χ3v) is 5.91. The van der Waals surface area contributed by atoms with E-state index in [4.69, 9.17) is 21.1 Å². The molecule has 0 amide bonds. The first-order chi connectivity index (χ1) is 16.0. The summed E-state index contributed by atoms with van der Waals surface area (Å²) in [6.07, 6.45) is 1.33. The molecule has 1 atom stereocenters. The maximum absolute atomic E-state index is 14.8. The van der Waals surface area contributed by atoms with Gasteiger partial charge in [-0.3, -0.25) is 0 Å². The van der Waals surface area contributed by atoms with Crippen molar-refractivity contribution in [2.45, 2.75) is 19.1 Å². The monoisotopic (exact) mass is 462 g/mol. The lowest BCUT2D eigenvalue weighted by molar-refractivity contribution is 0.306. The first-order valence-electron chi connectivity index (χ1n) is 10.7. The predicted molar refractivity (Wildman–Crippen MR) is 126 cm³/mol. The molecule has 1 fully saturated rings. The largest absolute Gasteiger partial charge is 0.489 e. The molecule has 0 saturated carbocycles. The summed E-state index contributed by atoms with van der Waals surface area (Å²) in [7, 11) is 0. The van der Waals surface area contributed by atoms with Crippen LogP contribution in [0.25, 0.3) is 22.3 Å². The van der Waals surface area contributed by atoms with Crippen LogP contribution in [0.3, 0.4) is 0 Å². The lowest BCUT2D eigenvalue weighted by atomic mass is 9.99.